The van der Waals surface area contributed by atoms with Gasteiger partial charge in [-0.2, -0.15) is 5.10 Å². The molecule has 0 saturated carbocycles. The van der Waals surface area contributed by atoms with Gasteiger partial charge in [0, 0.05) is 33.8 Å². The van der Waals surface area contributed by atoms with Gasteiger partial charge in [0.1, 0.15) is 5.76 Å². The Morgan fingerprint density at radius 1 is 1.36 bits per heavy atom. The van der Waals surface area contributed by atoms with Gasteiger partial charge in [0.05, 0.1) is 6.54 Å². The summed E-state index contributed by atoms with van der Waals surface area (Å²) >= 11 is 12.2. The third kappa shape index (κ3) is 3.80. The number of amides is 1. The number of carbonyl (C=O) groups is 1. The van der Waals surface area contributed by atoms with E-state index in [2.05, 4.69) is 22.5 Å². The summed E-state index contributed by atoms with van der Waals surface area (Å²) in [7, 11) is 0. The number of hydrogen-bond acceptors (Lipinski definition) is 4. The highest BCUT2D eigenvalue weighted by molar-refractivity contribution is 6.35. The van der Waals surface area contributed by atoms with Crippen LogP contribution in [0.25, 0.3) is 0 Å². The number of anilines is 1. The number of nitrogens with zero attached hydrogens (tertiary/aromatic N) is 3. The predicted molar refractivity (Wildman–Crippen MR) is 108 cm³/mol. The van der Waals surface area contributed by atoms with E-state index in [0.717, 1.165) is 41.8 Å². The van der Waals surface area contributed by atoms with Crippen molar-refractivity contribution in [3.63, 3.8) is 0 Å². The van der Waals surface area contributed by atoms with E-state index in [-0.39, 0.29) is 5.91 Å². The number of rotatable bonds is 4. The summed E-state index contributed by atoms with van der Waals surface area (Å²) in [4.78, 5) is 12.7. The van der Waals surface area contributed by atoms with Crippen LogP contribution in [0.4, 0.5) is 5.82 Å². The minimum absolute atomic E-state index is 0.298. The standard InChI is InChI=1S/C20H20Cl2N4O2/c1-11-3-6-17-15(7-11)19(25-28-17)20(27)23-18-8-12(2)26(24-18)10-13-4-5-14(21)9-16(13)22/h4-5,8-9,11H,3,6-7,10H2,1-2H3,(H,23,24,27). The first kappa shape index (κ1) is 19.0. The molecular formula is C20H20Cl2N4O2. The van der Waals surface area contributed by atoms with Crippen LogP contribution in [0.1, 0.15) is 46.4 Å². The zero-order chi connectivity index (χ0) is 19.8. The topological polar surface area (TPSA) is 73.0 Å². The van der Waals surface area contributed by atoms with Gasteiger partial charge in [-0.1, -0.05) is 41.3 Å². The van der Waals surface area contributed by atoms with Crippen molar-refractivity contribution in [1.29, 1.82) is 0 Å². The van der Waals surface area contributed by atoms with Gasteiger partial charge < -0.3 is 9.84 Å². The lowest BCUT2D eigenvalue weighted by Crippen LogP contribution is -2.18. The van der Waals surface area contributed by atoms with Crippen LogP contribution in [-0.2, 0) is 19.4 Å². The van der Waals surface area contributed by atoms with Crippen LogP contribution in [0.3, 0.4) is 0 Å². The van der Waals surface area contributed by atoms with E-state index in [0.29, 0.717) is 34.0 Å². The van der Waals surface area contributed by atoms with Crippen LogP contribution >= 0.6 is 23.2 Å². The smallest absolute Gasteiger partial charge is 0.279 e. The number of nitrogens with one attached hydrogen (secondary N) is 1. The summed E-state index contributed by atoms with van der Waals surface area (Å²) in [5, 5.41) is 12.5. The first-order valence-electron chi connectivity index (χ1n) is 9.18. The highest BCUT2D eigenvalue weighted by Gasteiger charge is 2.27. The van der Waals surface area contributed by atoms with Crippen molar-refractivity contribution in [3.8, 4) is 0 Å². The van der Waals surface area contributed by atoms with E-state index in [1.165, 1.54) is 0 Å². The van der Waals surface area contributed by atoms with Gasteiger partial charge >= 0.3 is 0 Å². The molecule has 8 heteroatoms. The SMILES string of the molecule is Cc1cc(NC(=O)c2noc3c2CC(C)CC3)nn1Cc1ccc(Cl)cc1Cl. The Hall–Kier alpha value is -2.31. The van der Waals surface area contributed by atoms with Crippen LogP contribution in [-0.4, -0.2) is 20.8 Å². The molecule has 2 aromatic heterocycles. The molecule has 0 aliphatic heterocycles. The Morgan fingerprint density at radius 2 is 2.18 bits per heavy atom. The Morgan fingerprint density at radius 3 is 2.96 bits per heavy atom. The highest BCUT2D eigenvalue weighted by atomic mass is 35.5. The lowest BCUT2D eigenvalue weighted by molar-refractivity contribution is 0.101. The maximum absolute atomic E-state index is 12.7. The van der Waals surface area contributed by atoms with Crippen molar-refractivity contribution in [3.05, 3.63) is 62.6 Å². The van der Waals surface area contributed by atoms with Gasteiger partial charge in [-0.05, 0) is 43.4 Å². The van der Waals surface area contributed by atoms with E-state index >= 15 is 0 Å². The minimum Gasteiger partial charge on any atom is -0.360 e. The van der Waals surface area contributed by atoms with Gasteiger partial charge in [-0.25, -0.2) is 0 Å². The Kier molecular flexibility index (Phi) is 5.17. The normalized spacial score (nSPS) is 16.1. The second-order valence-corrected chi connectivity index (χ2v) is 8.14. The molecule has 1 unspecified atom stereocenters. The molecule has 1 atom stereocenters. The van der Waals surface area contributed by atoms with E-state index in [9.17, 15) is 4.79 Å². The molecule has 146 valence electrons. The summed E-state index contributed by atoms with van der Waals surface area (Å²) in [5.41, 5.74) is 3.07. The van der Waals surface area contributed by atoms with E-state index in [1.54, 1.807) is 16.8 Å². The highest BCUT2D eigenvalue weighted by Crippen LogP contribution is 2.28. The maximum atomic E-state index is 12.7. The second-order valence-electron chi connectivity index (χ2n) is 7.30. The quantitative estimate of drug-likeness (QED) is 0.652. The monoisotopic (exact) mass is 418 g/mol. The van der Waals surface area contributed by atoms with E-state index in [4.69, 9.17) is 27.7 Å². The summed E-state index contributed by atoms with van der Waals surface area (Å²) in [6.45, 7) is 4.57. The van der Waals surface area contributed by atoms with Crippen LogP contribution in [0.5, 0.6) is 0 Å². The minimum atomic E-state index is -0.298. The number of fused-ring (bicyclic) bond motifs is 1. The fourth-order valence-corrected chi connectivity index (χ4v) is 3.94. The summed E-state index contributed by atoms with van der Waals surface area (Å²) < 4.78 is 7.15. The molecule has 1 aliphatic rings. The largest absolute Gasteiger partial charge is 0.360 e. The molecule has 6 nitrogen and oxygen atoms in total. The van der Waals surface area contributed by atoms with Crippen LogP contribution in [0.2, 0.25) is 10.0 Å². The number of benzene rings is 1. The molecular weight excluding hydrogens is 399 g/mol. The molecule has 1 N–H and O–H groups in total. The average molecular weight is 419 g/mol. The predicted octanol–water partition coefficient (Wildman–Crippen LogP) is 4.91. The first-order chi connectivity index (χ1) is 13.4. The number of carbonyl (C=O) groups excluding carboxylic acids is 1. The molecule has 0 saturated heterocycles. The van der Waals surface area contributed by atoms with Crippen molar-refractivity contribution < 1.29 is 9.32 Å². The van der Waals surface area contributed by atoms with Crippen molar-refractivity contribution >= 4 is 34.9 Å². The van der Waals surface area contributed by atoms with Gasteiger partial charge in [0.15, 0.2) is 11.5 Å². The van der Waals surface area contributed by atoms with Crippen molar-refractivity contribution in [2.24, 2.45) is 5.92 Å². The zero-order valence-corrected chi connectivity index (χ0v) is 17.1. The molecule has 1 amide bonds. The molecule has 0 spiro atoms. The van der Waals surface area contributed by atoms with Crippen molar-refractivity contribution in [1.82, 2.24) is 14.9 Å². The lowest BCUT2D eigenvalue weighted by Gasteiger charge is -2.16. The molecule has 28 heavy (non-hydrogen) atoms. The Labute approximate surface area is 172 Å². The second kappa shape index (κ2) is 7.60. The Balaban J connectivity index is 1.51. The van der Waals surface area contributed by atoms with Crippen LogP contribution < -0.4 is 5.32 Å². The number of halogens is 2. The maximum Gasteiger partial charge on any atom is 0.279 e. The van der Waals surface area contributed by atoms with E-state index in [1.807, 2.05) is 19.1 Å². The third-order valence-corrected chi connectivity index (χ3v) is 5.65. The van der Waals surface area contributed by atoms with Crippen molar-refractivity contribution in [2.45, 2.75) is 39.7 Å². The number of aromatic nitrogens is 3. The molecule has 1 aromatic carbocycles. The first-order valence-corrected chi connectivity index (χ1v) is 9.93. The molecule has 0 fully saturated rings. The van der Waals surface area contributed by atoms with Gasteiger partial charge in [-0.15, -0.1) is 0 Å². The van der Waals surface area contributed by atoms with Crippen molar-refractivity contribution in [2.75, 3.05) is 5.32 Å². The molecule has 1 aliphatic carbocycles. The lowest BCUT2D eigenvalue weighted by atomic mass is 9.88. The molecule has 3 aromatic rings. The van der Waals surface area contributed by atoms with E-state index < -0.39 is 0 Å². The molecule has 2 heterocycles. The third-order valence-electron chi connectivity index (χ3n) is 5.06. The van der Waals surface area contributed by atoms with Gasteiger partial charge in [0.25, 0.3) is 5.91 Å². The number of hydrogen-bond donors (Lipinski definition) is 1. The summed E-state index contributed by atoms with van der Waals surface area (Å²) in [6, 6.07) is 7.18. The summed E-state index contributed by atoms with van der Waals surface area (Å²) in [5.74, 6) is 1.51. The summed E-state index contributed by atoms with van der Waals surface area (Å²) in [6.07, 6.45) is 2.69. The van der Waals surface area contributed by atoms with Crippen LogP contribution in [0, 0.1) is 12.8 Å². The molecule has 4 rings (SSSR count). The molecule has 0 bridgehead atoms. The Bertz CT molecular complexity index is 1040. The van der Waals surface area contributed by atoms with Gasteiger partial charge in [-0.3, -0.25) is 9.48 Å². The van der Waals surface area contributed by atoms with Gasteiger partial charge in [0.2, 0.25) is 0 Å². The zero-order valence-electron chi connectivity index (χ0n) is 15.6. The fraction of sp³-hybridized carbons (Fsp3) is 0.350. The number of aryl methyl sites for hydroxylation is 2. The van der Waals surface area contributed by atoms with Crippen LogP contribution in [0.15, 0.2) is 28.8 Å². The molecule has 0 radical (unpaired) electrons. The fourth-order valence-electron chi connectivity index (χ4n) is 3.47. The average Bonchev–Trinajstić information content (AvgIpc) is 3.20.